The minimum Gasteiger partial charge on any atom is -0.489 e. The third kappa shape index (κ3) is 5.06. The SMILES string of the molecule is CC[C@@H]1CN(Cc2cc(C(CC(=O)O)c3ncc4c(nnn4C)c3C)ccc2C)Cc2ccccc2O1. The molecule has 2 aromatic carbocycles. The minimum absolute atomic E-state index is 0.0506. The van der Waals surface area contributed by atoms with E-state index in [1.54, 1.807) is 10.9 Å². The van der Waals surface area contributed by atoms with Gasteiger partial charge in [-0.25, -0.2) is 4.68 Å². The first kappa shape index (κ1) is 24.9. The van der Waals surface area contributed by atoms with E-state index >= 15 is 0 Å². The molecule has 0 saturated heterocycles. The van der Waals surface area contributed by atoms with Gasteiger partial charge < -0.3 is 9.84 Å². The van der Waals surface area contributed by atoms with E-state index in [1.807, 2.05) is 32.2 Å². The average molecular weight is 500 g/mol. The smallest absolute Gasteiger partial charge is 0.304 e. The van der Waals surface area contributed by atoms with Crippen LogP contribution in [0.25, 0.3) is 11.0 Å². The summed E-state index contributed by atoms with van der Waals surface area (Å²) in [5, 5.41) is 18.2. The molecule has 4 aromatic rings. The van der Waals surface area contributed by atoms with Crippen molar-refractivity contribution in [1.82, 2.24) is 24.9 Å². The summed E-state index contributed by atoms with van der Waals surface area (Å²) in [6, 6.07) is 14.5. The van der Waals surface area contributed by atoms with Crippen LogP contribution in [0.15, 0.2) is 48.7 Å². The van der Waals surface area contributed by atoms with Crippen molar-refractivity contribution in [2.75, 3.05) is 6.54 Å². The Kier molecular flexibility index (Phi) is 6.93. The van der Waals surface area contributed by atoms with Gasteiger partial charge in [-0.3, -0.25) is 14.7 Å². The summed E-state index contributed by atoms with van der Waals surface area (Å²) < 4.78 is 7.97. The van der Waals surface area contributed by atoms with E-state index < -0.39 is 5.97 Å². The van der Waals surface area contributed by atoms with Crippen LogP contribution in [0.2, 0.25) is 0 Å². The summed E-state index contributed by atoms with van der Waals surface area (Å²) in [5.41, 5.74) is 7.67. The third-order valence-corrected chi connectivity index (χ3v) is 7.39. The molecule has 0 aliphatic carbocycles. The molecule has 1 aliphatic rings. The van der Waals surface area contributed by atoms with Crippen LogP contribution in [0.5, 0.6) is 5.75 Å². The Morgan fingerprint density at radius 2 is 2.03 bits per heavy atom. The molecule has 1 unspecified atom stereocenters. The van der Waals surface area contributed by atoms with Gasteiger partial charge in [-0.1, -0.05) is 48.5 Å². The molecule has 5 rings (SSSR count). The van der Waals surface area contributed by atoms with Crippen molar-refractivity contribution in [3.05, 3.63) is 82.2 Å². The number of aliphatic carboxylic acids is 1. The Balaban J connectivity index is 1.50. The predicted molar refractivity (Wildman–Crippen MR) is 142 cm³/mol. The standard InChI is InChI=1S/C29H33N5O3/c1-5-23-17-34(15-21-8-6-7-9-26(21)37-23)16-22-12-20(11-10-18(22)2)24(13-27(35)36)28-19(3)29-25(14-30-28)33(4)32-31-29/h6-12,14,23-24H,5,13,15-17H2,1-4H3,(H,35,36)/t23-,24?/m1/s1. The van der Waals surface area contributed by atoms with Gasteiger partial charge in [0, 0.05) is 43.7 Å². The molecule has 8 nitrogen and oxygen atoms in total. The van der Waals surface area contributed by atoms with Gasteiger partial charge in [-0.05, 0) is 43.0 Å². The fraction of sp³-hybridized carbons (Fsp3) is 0.379. The van der Waals surface area contributed by atoms with Gasteiger partial charge >= 0.3 is 5.97 Å². The number of pyridine rings is 1. The molecule has 192 valence electrons. The van der Waals surface area contributed by atoms with Gasteiger partial charge in [0.15, 0.2) is 0 Å². The molecular formula is C29H33N5O3. The Labute approximate surface area is 216 Å². The van der Waals surface area contributed by atoms with E-state index in [1.165, 1.54) is 16.7 Å². The van der Waals surface area contributed by atoms with Crippen LogP contribution >= 0.6 is 0 Å². The molecule has 0 saturated carbocycles. The number of benzene rings is 2. The highest BCUT2D eigenvalue weighted by Gasteiger charge is 2.26. The number of fused-ring (bicyclic) bond motifs is 2. The molecule has 0 fully saturated rings. The number of carboxylic acid groups (broad SMARTS) is 1. The number of carbonyl (C=O) groups is 1. The zero-order valence-corrected chi connectivity index (χ0v) is 21.8. The molecule has 0 radical (unpaired) electrons. The van der Waals surface area contributed by atoms with Gasteiger partial charge in [0.25, 0.3) is 0 Å². The second kappa shape index (κ2) is 10.3. The van der Waals surface area contributed by atoms with Crippen LogP contribution in [0.1, 0.15) is 59.2 Å². The topological polar surface area (TPSA) is 93.4 Å². The van der Waals surface area contributed by atoms with Crippen LogP contribution in [-0.2, 0) is 24.9 Å². The average Bonchev–Trinajstić information content (AvgIpc) is 3.16. The highest BCUT2D eigenvalue weighted by molar-refractivity contribution is 5.78. The minimum atomic E-state index is -0.861. The van der Waals surface area contributed by atoms with Crippen molar-refractivity contribution < 1.29 is 14.6 Å². The van der Waals surface area contributed by atoms with E-state index in [2.05, 4.69) is 53.3 Å². The maximum Gasteiger partial charge on any atom is 0.304 e. The van der Waals surface area contributed by atoms with Crippen molar-refractivity contribution >= 4 is 17.0 Å². The number of aromatic nitrogens is 4. The number of hydrogen-bond donors (Lipinski definition) is 1. The van der Waals surface area contributed by atoms with Gasteiger partial charge in [0.05, 0.1) is 18.3 Å². The van der Waals surface area contributed by atoms with Crippen LogP contribution < -0.4 is 4.74 Å². The maximum atomic E-state index is 11.9. The molecule has 37 heavy (non-hydrogen) atoms. The van der Waals surface area contributed by atoms with E-state index in [4.69, 9.17) is 9.72 Å². The van der Waals surface area contributed by atoms with Crippen LogP contribution in [-0.4, -0.2) is 48.6 Å². The summed E-state index contributed by atoms with van der Waals surface area (Å²) in [5.74, 6) is -0.288. The monoisotopic (exact) mass is 499 g/mol. The van der Waals surface area contributed by atoms with Crippen molar-refractivity contribution in [3.63, 3.8) is 0 Å². The third-order valence-electron chi connectivity index (χ3n) is 7.39. The van der Waals surface area contributed by atoms with Gasteiger partial charge in [0.2, 0.25) is 0 Å². The number of hydrogen-bond acceptors (Lipinski definition) is 6. The Hall–Kier alpha value is -3.78. The first-order valence-electron chi connectivity index (χ1n) is 12.8. The summed E-state index contributed by atoms with van der Waals surface area (Å²) in [6.07, 6.45) is 2.74. The molecular weight excluding hydrogens is 466 g/mol. The van der Waals surface area contributed by atoms with Crippen molar-refractivity contribution in [2.45, 2.75) is 58.7 Å². The van der Waals surface area contributed by atoms with Crippen molar-refractivity contribution in [2.24, 2.45) is 7.05 Å². The highest BCUT2D eigenvalue weighted by Crippen LogP contribution is 2.33. The number of ether oxygens (including phenoxy) is 1. The van der Waals surface area contributed by atoms with E-state index in [9.17, 15) is 9.90 Å². The highest BCUT2D eigenvalue weighted by atomic mass is 16.5. The lowest BCUT2D eigenvalue weighted by molar-refractivity contribution is -0.137. The molecule has 2 aromatic heterocycles. The normalized spacial score (nSPS) is 16.7. The number of rotatable bonds is 7. The summed E-state index contributed by atoms with van der Waals surface area (Å²) in [4.78, 5) is 19.1. The zero-order chi connectivity index (χ0) is 26.1. The summed E-state index contributed by atoms with van der Waals surface area (Å²) in [6.45, 7) is 8.60. The fourth-order valence-corrected chi connectivity index (χ4v) is 5.24. The molecule has 8 heteroatoms. The first-order chi connectivity index (χ1) is 17.8. The second-order valence-corrected chi connectivity index (χ2v) is 9.98. The predicted octanol–water partition coefficient (Wildman–Crippen LogP) is 4.76. The molecule has 0 amide bonds. The van der Waals surface area contributed by atoms with Gasteiger partial charge in [0.1, 0.15) is 22.9 Å². The van der Waals surface area contributed by atoms with Crippen LogP contribution in [0, 0.1) is 13.8 Å². The van der Waals surface area contributed by atoms with Gasteiger partial charge in [-0.15, -0.1) is 5.10 Å². The lowest BCUT2D eigenvalue weighted by atomic mass is 9.87. The van der Waals surface area contributed by atoms with Crippen molar-refractivity contribution in [3.8, 4) is 5.75 Å². The van der Waals surface area contributed by atoms with Crippen LogP contribution in [0.4, 0.5) is 0 Å². The second-order valence-electron chi connectivity index (χ2n) is 9.98. The number of para-hydroxylation sites is 1. The van der Waals surface area contributed by atoms with E-state index in [-0.39, 0.29) is 18.4 Å². The first-order valence-corrected chi connectivity index (χ1v) is 12.8. The maximum absolute atomic E-state index is 11.9. The quantitative estimate of drug-likeness (QED) is 0.392. The Morgan fingerprint density at radius 3 is 2.81 bits per heavy atom. The molecule has 0 spiro atoms. The molecule has 1 aliphatic heterocycles. The zero-order valence-electron chi connectivity index (χ0n) is 21.8. The largest absolute Gasteiger partial charge is 0.489 e. The Morgan fingerprint density at radius 1 is 1.22 bits per heavy atom. The fourth-order valence-electron chi connectivity index (χ4n) is 5.24. The molecule has 0 bridgehead atoms. The van der Waals surface area contributed by atoms with Crippen molar-refractivity contribution in [1.29, 1.82) is 0 Å². The molecule has 3 heterocycles. The van der Waals surface area contributed by atoms with E-state index in [0.29, 0.717) is 0 Å². The summed E-state index contributed by atoms with van der Waals surface area (Å²) in [7, 11) is 1.83. The van der Waals surface area contributed by atoms with Crippen LogP contribution in [0.3, 0.4) is 0 Å². The lowest BCUT2D eigenvalue weighted by Gasteiger charge is -2.25. The number of nitrogens with zero attached hydrogens (tertiary/aromatic N) is 5. The van der Waals surface area contributed by atoms with Gasteiger partial charge in [-0.2, -0.15) is 0 Å². The number of aryl methyl sites for hydroxylation is 3. The number of carboxylic acids is 1. The van der Waals surface area contributed by atoms with E-state index in [0.717, 1.165) is 59.7 Å². The molecule has 1 N–H and O–H groups in total. The summed E-state index contributed by atoms with van der Waals surface area (Å²) >= 11 is 0. The lowest BCUT2D eigenvalue weighted by Crippen LogP contribution is -2.32. The Bertz CT molecular complexity index is 1450. The molecule has 2 atom stereocenters.